The summed E-state index contributed by atoms with van der Waals surface area (Å²) in [6, 6.07) is 19.2. The quantitative estimate of drug-likeness (QED) is 0.517. The summed E-state index contributed by atoms with van der Waals surface area (Å²) in [5, 5.41) is 3.33. The molecule has 0 aliphatic heterocycles. The number of carbonyl (C=O) groups excluding carboxylic acids is 1. The zero-order valence-corrected chi connectivity index (χ0v) is 16.9. The van der Waals surface area contributed by atoms with Crippen LogP contribution in [0.5, 0.6) is 5.75 Å². The van der Waals surface area contributed by atoms with Crippen LogP contribution >= 0.6 is 11.6 Å². The molecule has 150 valence electrons. The summed E-state index contributed by atoms with van der Waals surface area (Å²) in [6.07, 6.45) is 1.53. The fourth-order valence-corrected chi connectivity index (χ4v) is 3.21. The Morgan fingerprint density at radius 3 is 2.77 bits per heavy atom. The van der Waals surface area contributed by atoms with E-state index >= 15 is 0 Å². The van der Waals surface area contributed by atoms with Crippen LogP contribution in [0.4, 0.5) is 5.69 Å². The molecular weight excluding hydrogens is 402 g/mol. The second-order valence-corrected chi connectivity index (χ2v) is 7.18. The van der Waals surface area contributed by atoms with Crippen molar-refractivity contribution in [3.63, 3.8) is 0 Å². The van der Waals surface area contributed by atoms with Gasteiger partial charge in [0.15, 0.2) is 0 Å². The topological polar surface area (TPSA) is 72.7 Å². The smallest absolute Gasteiger partial charge is 0.258 e. The Labute approximate surface area is 177 Å². The molecule has 2 aromatic carbocycles. The molecule has 0 fully saturated rings. The van der Waals surface area contributed by atoms with Gasteiger partial charge in [0.05, 0.1) is 10.7 Å². The van der Waals surface area contributed by atoms with Crippen LogP contribution in [0.1, 0.15) is 21.6 Å². The van der Waals surface area contributed by atoms with Gasteiger partial charge in [-0.3, -0.25) is 14.0 Å². The van der Waals surface area contributed by atoms with Crippen LogP contribution in [-0.4, -0.2) is 15.3 Å². The molecule has 0 spiro atoms. The summed E-state index contributed by atoms with van der Waals surface area (Å²) in [4.78, 5) is 29.2. The highest BCUT2D eigenvalue weighted by molar-refractivity contribution is 6.30. The maximum atomic E-state index is 12.5. The minimum atomic E-state index is -0.236. The SMILES string of the molecule is Cc1ccccc1C(=O)Nc1cccc(OCc2cc(=O)n3cc(Cl)ccc3n2)c1. The first-order chi connectivity index (χ1) is 14.5. The van der Waals surface area contributed by atoms with E-state index in [1.165, 1.54) is 16.7 Å². The van der Waals surface area contributed by atoms with Crippen LogP contribution in [0, 0.1) is 6.92 Å². The molecule has 6 nitrogen and oxygen atoms in total. The third-order valence-corrected chi connectivity index (χ3v) is 4.77. The summed E-state index contributed by atoms with van der Waals surface area (Å²) < 4.78 is 7.17. The Hall–Kier alpha value is -3.64. The number of nitrogens with zero attached hydrogens (tertiary/aromatic N) is 2. The number of hydrogen-bond acceptors (Lipinski definition) is 4. The Morgan fingerprint density at radius 1 is 1.10 bits per heavy atom. The van der Waals surface area contributed by atoms with Crippen molar-refractivity contribution < 1.29 is 9.53 Å². The number of nitrogens with one attached hydrogen (secondary N) is 1. The van der Waals surface area contributed by atoms with Gasteiger partial charge in [0.2, 0.25) is 0 Å². The van der Waals surface area contributed by atoms with Crippen LogP contribution in [0.15, 0.2) is 77.7 Å². The second kappa shape index (κ2) is 8.39. The van der Waals surface area contributed by atoms with Gasteiger partial charge in [-0.2, -0.15) is 0 Å². The summed E-state index contributed by atoms with van der Waals surface area (Å²) >= 11 is 5.93. The molecule has 2 aromatic heterocycles. The van der Waals surface area contributed by atoms with E-state index in [4.69, 9.17) is 16.3 Å². The molecule has 0 aliphatic carbocycles. The Balaban J connectivity index is 1.48. The van der Waals surface area contributed by atoms with Crippen LogP contribution in [0.2, 0.25) is 5.02 Å². The number of benzene rings is 2. The number of aryl methyl sites for hydroxylation is 1. The van der Waals surface area contributed by atoms with E-state index in [0.29, 0.717) is 33.4 Å². The maximum Gasteiger partial charge on any atom is 0.258 e. The first kappa shape index (κ1) is 19.7. The predicted molar refractivity (Wildman–Crippen MR) is 116 cm³/mol. The molecule has 0 unspecified atom stereocenters. The largest absolute Gasteiger partial charge is 0.487 e. The zero-order valence-electron chi connectivity index (χ0n) is 16.1. The molecule has 0 bridgehead atoms. The highest BCUT2D eigenvalue weighted by Gasteiger charge is 2.09. The molecule has 0 radical (unpaired) electrons. The normalized spacial score (nSPS) is 10.7. The van der Waals surface area contributed by atoms with Crippen molar-refractivity contribution in [1.82, 2.24) is 9.38 Å². The van der Waals surface area contributed by atoms with Crippen LogP contribution in [0.25, 0.3) is 5.65 Å². The number of rotatable bonds is 5. The van der Waals surface area contributed by atoms with Crippen molar-refractivity contribution in [2.24, 2.45) is 0 Å². The number of anilines is 1. The minimum absolute atomic E-state index is 0.115. The lowest BCUT2D eigenvalue weighted by Gasteiger charge is -2.10. The Kier molecular flexibility index (Phi) is 5.50. The van der Waals surface area contributed by atoms with Gasteiger partial charge in [-0.05, 0) is 42.8 Å². The van der Waals surface area contributed by atoms with Crippen LogP contribution in [0.3, 0.4) is 0 Å². The van der Waals surface area contributed by atoms with Gasteiger partial charge in [0.25, 0.3) is 11.5 Å². The highest BCUT2D eigenvalue weighted by atomic mass is 35.5. The van der Waals surface area contributed by atoms with Gasteiger partial charge < -0.3 is 10.1 Å². The number of ether oxygens (including phenoxy) is 1. The average Bonchev–Trinajstić information content (AvgIpc) is 2.73. The van der Waals surface area contributed by atoms with E-state index in [9.17, 15) is 9.59 Å². The summed E-state index contributed by atoms with van der Waals surface area (Å²) in [5.41, 5.74) is 2.88. The summed E-state index contributed by atoms with van der Waals surface area (Å²) in [7, 11) is 0. The number of pyridine rings is 1. The Morgan fingerprint density at radius 2 is 1.93 bits per heavy atom. The van der Waals surface area contributed by atoms with Crippen molar-refractivity contribution in [2.45, 2.75) is 13.5 Å². The first-order valence-electron chi connectivity index (χ1n) is 9.27. The van der Waals surface area contributed by atoms with Crippen molar-refractivity contribution in [3.05, 3.63) is 105 Å². The van der Waals surface area contributed by atoms with Crippen molar-refractivity contribution in [3.8, 4) is 5.75 Å². The number of amides is 1. The molecule has 1 N–H and O–H groups in total. The monoisotopic (exact) mass is 419 g/mol. The molecule has 0 saturated carbocycles. The van der Waals surface area contributed by atoms with Gasteiger partial charge in [-0.15, -0.1) is 0 Å². The number of halogens is 1. The molecule has 0 aliphatic rings. The van der Waals surface area contributed by atoms with Gasteiger partial charge in [0.1, 0.15) is 18.0 Å². The molecule has 7 heteroatoms. The van der Waals surface area contributed by atoms with Crippen molar-refractivity contribution >= 4 is 28.8 Å². The molecule has 4 aromatic rings. The van der Waals surface area contributed by atoms with E-state index in [1.54, 1.807) is 42.5 Å². The zero-order chi connectivity index (χ0) is 21.1. The van der Waals surface area contributed by atoms with E-state index in [-0.39, 0.29) is 18.1 Å². The lowest BCUT2D eigenvalue weighted by molar-refractivity contribution is 0.102. The third kappa shape index (κ3) is 4.34. The molecule has 2 heterocycles. The van der Waals surface area contributed by atoms with Gasteiger partial charge >= 0.3 is 0 Å². The molecule has 4 rings (SSSR count). The summed E-state index contributed by atoms with van der Waals surface area (Å²) in [5.74, 6) is 0.365. The number of hydrogen-bond donors (Lipinski definition) is 1. The second-order valence-electron chi connectivity index (χ2n) is 6.75. The Bertz CT molecular complexity index is 1300. The molecular formula is C23H18ClN3O3. The van der Waals surface area contributed by atoms with E-state index in [1.807, 2.05) is 25.1 Å². The highest BCUT2D eigenvalue weighted by Crippen LogP contribution is 2.20. The van der Waals surface area contributed by atoms with Gasteiger partial charge in [0, 0.05) is 29.6 Å². The van der Waals surface area contributed by atoms with Crippen molar-refractivity contribution in [1.29, 1.82) is 0 Å². The fraction of sp³-hybridized carbons (Fsp3) is 0.0870. The van der Waals surface area contributed by atoms with E-state index in [2.05, 4.69) is 10.3 Å². The number of aromatic nitrogens is 2. The number of fused-ring (bicyclic) bond motifs is 1. The molecule has 1 amide bonds. The average molecular weight is 420 g/mol. The van der Waals surface area contributed by atoms with Crippen LogP contribution < -0.4 is 15.6 Å². The van der Waals surface area contributed by atoms with Crippen LogP contribution in [-0.2, 0) is 6.61 Å². The van der Waals surface area contributed by atoms with Gasteiger partial charge in [-0.1, -0.05) is 35.9 Å². The molecule has 0 atom stereocenters. The summed E-state index contributed by atoms with van der Waals surface area (Å²) in [6.45, 7) is 2.01. The minimum Gasteiger partial charge on any atom is -0.487 e. The molecule has 30 heavy (non-hydrogen) atoms. The maximum absolute atomic E-state index is 12.5. The predicted octanol–water partition coefficient (Wildman–Crippen LogP) is 4.49. The lowest BCUT2D eigenvalue weighted by Crippen LogP contribution is -2.16. The standard InChI is InChI=1S/C23H18ClN3O3/c1-15-5-2-3-8-20(15)23(29)26-17-6-4-7-19(11-17)30-14-18-12-22(28)27-13-16(24)9-10-21(27)25-18/h2-13H,14H2,1H3,(H,26,29). The molecule has 0 saturated heterocycles. The van der Waals surface area contributed by atoms with E-state index in [0.717, 1.165) is 5.56 Å². The third-order valence-electron chi connectivity index (χ3n) is 4.54. The van der Waals surface area contributed by atoms with Crippen molar-refractivity contribution in [2.75, 3.05) is 5.32 Å². The lowest BCUT2D eigenvalue weighted by atomic mass is 10.1. The van der Waals surface area contributed by atoms with Gasteiger partial charge in [-0.25, -0.2) is 4.98 Å². The van der Waals surface area contributed by atoms with E-state index < -0.39 is 0 Å². The first-order valence-corrected chi connectivity index (χ1v) is 9.65. The fourth-order valence-electron chi connectivity index (χ4n) is 3.05. The number of carbonyl (C=O) groups is 1.